The second kappa shape index (κ2) is 5.44. The van der Waals surface area contributed by atoms with E-state index in [4.69, 9.17) is 5.11 Å². The van der Waals surface area contributed by atoms with Crippen LogP contribution in [0.1, 0.15) is 11.1 Å². The Morgan fingerprint density at radius 3 is 2.55 bits per heavy atom. The van der Waals surface area contributed by atoms with E-state index in [0.717, 1.165) is 11.1 Å². The Hall–Kier alpha value is -2.95. The highest BCUT2D eigenvalue weighted by molar-refractivity contribution is 5.88. The van der Waals surface area contributed by atoms with Crippen LogP contribution in [0, 0.1) is 0 Å². The minimum atomic E-state index is -0.926. The second-order valence-electron chi connectivity index (χ2n) is 5.18. The van der Waals surface area contributed by atoms with Crippen molar-refractivity contribution in [3.8, 4) is 11.5 Å². The van der Waals surface area contributed by atoms with E-state index in [2.05, 4.69) is 0 Å². The summed E-state index contributed by atoms with van der Waals surface area (Å²) in [5.41, 5.74) is 2.19. The number of nitrogens with zero attached hydrogens (tertiary/aromatic N) is 1. The Kier molecular flexibility index (Phi) is 3.47. The van der Waals surface area contributed by atoms with Crippen LogP contribution in [0.25, 0.3) is 10.9 Å². The van der Waals surface area contributed by atoms with E-state index < -0.39 is 5.97 Å². The molecule has 0 spiro atoms. The molecule has 22 heavy (non-hydrogen) atoms. The van der Waals surface area contributed by atoms with Crippen molar-refractivity contribution in [1.82, 2.24) is 4.57 Å². The number of aromatic hydroxyl groups is 2. The Balaban J connectivity index is 2.10. The molecule has 0 radical (unpaired) electrons. The van der Waals surface area contributed by atoms with Crippen LogP contribution in [0.15, 0.2) is 48.7 Å². The topological polar surface area (TPSA) is 82.7 Å². The quantitative estimate of drug-likeness (QED) is 0.691. The number of benzene rings is 2. The van der Waals surface area contributed by atoms with Crippen molar-refractivity contribution >= 4 is 16.9 Å². The zero-order valence-corrected chi connectivity index (χ0v) is 11.7. The number of aliphatic carboxylic acids is 1. The summed E-state index contributed by atoms with van der Waals surface area (Å²) < 4.78 is 1.88. The Morgan fingerprint density at radius 2 is 1.82 bits per heavy atom. The van der Waals surface area contributed by atoms with Gasteiger partial charge in [-0.15, -0.1) is 0 Å². The molecule has 112 valence electrons. The highest BCUT2D eigenvalue weighted by Gasteiger charge is 2.13. The van der Waals surface area contributed by atoms with Gasteiger partial charge in [0.2, 0.25) is 0 Å². The molecule has 5 nitrogen and oxygen atoms in total. The van der Waals surface area contributed by atoms with Crippen LogP contribution >= 0.6 is 0 Å². The summed E-state index contributed by atoms with van der Waals surface area (Å²) in [5.74, 6) is -0.632. The number of carboxylic acids is 1. The highest BCUT2D eigenvalue weighted by Crippen LogP contribution is 2.28. The molecule has 0 saturated heterocycles. The number of hydrogen-bond acceptors (Lipinski definition) is 3. The summed E-state index contributed by atoms with van der Waals surface area (Å²) >= 11 is 0. The van der Waals surface area contributed by atoms with Gasteiger partial charge < -0.3 is 19.9 Å². The summed E-state index contributed by atoms with van der Waals surface area (Å²) in [6, 6.07) is 11.9. The van der Waals surface area contributed by atoms with Crippen molar-refractivity contribution in [2.45, 2.75) is 13.0 Å². The zero-order valence-electron chi connectivity index (χ0n) is 11.7. The maximum Gasteiger partial charge on any atom is 0.307 e. The number of aromatic nitrogens is 1. The molecule has 3 N–H and O–H groups in total. The zero-order chi connectivity index (χ0) is 15.7. The minimum absolute atomic E-state index is 0.0967. The number of rotatable bonds is 4. The predicted molar refractivity (Wildman–Crippen MR) is 82.2 cm³/mol. The van der Waals surface area contributed by atoms with Gasteiger partial charge in [0, 0.05) is 22.7 Å². The number of fused-ring (bicyclic) bond motifs is 1. The lowest BCUT2D eigenvalue weighted by atomic mass is 10.1. The van der Waals surface area contributed by atoms with Crippen molar-refractivity contribution in [3.63, 3.8) is 0 Å². The molecule has 3 aromatic rings. The summed E-state index contributed by atoms with van der Waals surface area (Å²) in [5, 5.41) is 29.3. The molecule has 0 bridgehead atoms. The first-order chi connectivity index (χ1) is 10.5. The largest absolute Gasteiger partial charge is 0.508 e. The van der Waals surface area contributed by atoms with E-state index in [1.165, 1.54) is 0 Å². The van der Waals surface area contributed by atoms with E-state index in [-0.39, 0.29) is 17.9 Å². The van der Waals surface area contributed by atoms with Gasteiger partial charge in [0.15, 0.2) is 0 Å². The Morgan fingerprint density at radius 1 is 1.05 bits per heavy atom. The first-order valence-electron chi connectivity index (χ1n) is 6.84. The highest BCUT2D eigenvalue weighted by atomic mass is 16.4. The van der Waals surface area contributed by atoms with Crippen LogP contribution in [0.3, 0.4) is 0 Å². The van der Waals surface area contributed by atoms with Gasteiger partial charge in [-0.2, -0.15) is 0 Å². The number of carboxylic acid groups (broad SMARTS) is 1. The third kappa shape index (κ3) is 2.61. The van der Waals surface area contributed by atoms with Crippen molar-refractivity contribution in [2.75, 3.05) is 0 Å². The first kappa shape index (κ1) is 14.0. The van der Waals surface area contributed by atoms with Crippen LogP contribution in [0.5, 0.6) is 11.5 Å². The third-order valence-corrected chi connectivity index (χ3v) is 3.62. The molecular formula is C17H15NO4. The standard InChI is InChI=1S/C17H15NO4/c19-13-5-6-15-14(8-13)12(7-17(21)22)10-18(15)9-11-3-1-2-4-16(11)20/h1-6,8,10,19-20H,7,9H2,(H,21,22). The number of hydrogen-bond donors (Lipinski definition) is 3. The van der Waals surface area contributed by atoms with Crippen LogP contribution in [-0.4, -0.2) is 25.9 Å². The van der Waals surface area contributed by atoms with E-state index in [0.29, 0.717) is 17.5 Å². The van der Waals surface area contributed by atoms with Gasteiger partial charge >= 0.3 is 5.97 Å². The molecule has 0 amide bonds. The maximum absolute atomic E-state index is 11.0. The molecule has 0 saturated carbocycles. The van der Waals surface area contributed by atoms with Gasteiger partial charge in [-0.1, -0.05) is 18.2 Å². The lowest BCUT2D eigenvalue weighted by Gasteiger charge is -2.07. The van der Waals surface area contributed by atoms with Crippen LogP contribution in [0.2, 0.25) is 0 Å². The van der Waals surface area contributed by atoms with Gasteiger partial charge in [0.1, 0.15) is 11.5 Å². The molecular weight excluding hydrogens is 282 g/mol. The fraction of sp³-hybridized carbons (Fsp3) is 0.118. The van der Waals surface area contributed by atoms with Crippen molar-refractivity contribution in [2.24, 2.45) is 0 Å². The first-order valence-corrected chi connectivity index (χ1v) is 6.84. The summed E-state index contributed by atoms with van der Waals surface area (Å²) in [6.07, 6.45) is 1.64. The van der Waals surface area contributed by atoms with E-state index >= 15 is 0 Å². The van der Waals surface area contributed by atoms with Crippen LogP contribution < -0.4 is 0 Å². The van der Waals surface area contributed by atoms with Crippen molar-refractivity contribution in [1.29, 1.82) is 0 Å². The van der Waals surface area contributed by atoms with E-state index in [1.54, 1.807) is 36.5 Å². The monoisotopic (exact) mass is 297 g/mol. The summed E-state index contributed by atoms with van der Waals surface area (Å²) in [7, 11) is 0. The maximum atomic E-state index is 11.0. The van der Waals surface area contributed by atoms with Crippen molar-refractivity contribution < 1.29 is 20.1 Å². The molecule has 0 unspecified atom stereocenters. The van der Waals surface area contributed by atoms with Gasteiger partial charge in [-0.25, -0.2) is 0 Å². The molecule has 0 aliphatic carbocycles. The Labute approximate surface area is 126 Å². The average Bonchev–Trinajstić information content (AvgIpc) is 2.78. The summed E-state index contributed by atoms with van der Waals surface area (Å²) in [6.45, 7) is 0.424. The molecule has 0 aliphatic rings. The fourth-order valence-electron chi connectivity index (χ4n) is 2.62. The molecule has 2 aromatic carbocycles. The van der Waals surface area contributed by atoms with Crippen LogP contribution in [-0.2, 0) is 17.8 Å². The smallest absolute Gasteiger partial charge is 0.307 e. The lowest BCUT2D eigenvalue weighted by Crippen LogP contribution is -2.00. The normalized spacial score (nSPS) is 10.9. The lowest BCUT2D eigenvalue weighted by molar-refractivity contribution is -0.136. The number of phenolic OH excluding ortho intramolecular Hbond substituents is 2. The van der Waals surface area contributed by atoms with Gasteiger partial charge in [0.05, 0.1) is 13.0 Å². The number of para-hydroxylation sites is 1. The van der Waals surface area contributed by atoms with Gasteiger partial charge in [-0.05, 0) is 29.8 Å². The van der Waals surface area contributed by atoms with E-state index in [1.807, 2.05) is 16.7 Å². The Bertz CT molecular complexity index is 851. The second-order valence-corrected chi connectivity index (χ2v) is 5.18. The minimum Gasteiger partial charge on any atom is -0.508 e. The van der Waals surface area contributed by atoms with Gasteiger partial charge in [0.25, 0.3) is 0 Å². The average molecular weight is 297 g/mol. The van der Waals surface area contributed by atoms with Crippen molar-refractivity contribution in [3.05, 3.63) is 59.8 Å². The number of phenols is 2. The fourth-order valence-corrected chi connectivity index (χ4v) is 2.62. The molecule has 0 fully saturated rings. The molecule has 1 heterocycles. The molecule has 3 rings (SSSR count). The predicted octanol–water partition coefficient (Wildman–Crippen LogP) is 2.73. The van der Waals surface area contributed by atoms with E-state index in [9.17, 15) is 15.0 Å². The molecule has 1 aromatic heterocycles. The van der Waals surface area contributed by atoms with Crippen LogP contribution in [0.4, 0.5) is 0 Å². The SMILES string of the molecule is O=C(O)Cc1cn(Cc2ccccc2O)c2ccc(O)cc12. The number of carbonyl (C=O) groups is 1. The molecule has 0 atom stereocenters. The third-order valence-electron chi connectivity index (χ3n) is 3.62. The van der Waals surface area contributed by atoms with Gasteiger partial charge in [-0.3, -0.25) is 4.79 Å². The molecule has 0 aliphatic heterocycles. The molecule has 5 heteroatoms. The summed E-state index contributed by atoms with van der Waals surface area (Å²) in [4.78, 5) is 11.0.